The lowest BCUT2D eigenvalue weighted by Crippen LogP contribution is -2.00. The number of halogens is 2. The van der Waals surface area contributed by atoms with Crippen molar-refractivity contribution < 1.29 is 8.78 Å². The van der Waals surface area contributed by atoms with E-state index in [1.54, 1.807) is 6.26 Å². The Morgan fingerprint density at radius 1 is 1.11 bits per heavy atom. The third kappa shape index (κ3) is 3.07. The second-order valence-electron chi connectivity index (χ2n) is 3.45. The van der Waals surface area contributed by atoms with Gasteiger partial charge in [0, 0.05) is 17.8 Å². The first-order valence-electron chi connectivity index (χ1n) is 4.98. The number of hydrogen-bond donors (Lipinski definition) is 2. The summed E-state index contributed by atoms with van der Waals surface area (Å²) in [6.45, 7) is 0. The average molecular weight is 268 g/mol. The van der Waals surface area contributed by atoms with E-state index in [0.717, 1.165) is 6.07 Å². The van der Waals surface area contributed by atoms with Crippen molar-refractivity contribution in [2.45, 2.75) is 5.16 Å². The zero-order valence-corrected chi connectivity index (χ0v) is 10.3. The number of nitrogen functional groups attached to an aromatic ring is 1. The molecule has 0 unspecified atom stereocenters. The van der Waals surface area contributed by atoms with Crippen molar-refractivity contribution >= 4 is 29.1 Å². The Bertz CT molecular complexity index is 557. The highest BCUT2D eigenvalue weighted by atomic mass is 32.2. The van der Waals surface area contributed by atoms with Crippen LogP contribution < -0.4 is 11.1 Å². The highest BCUT2D eigenvalue weighted by molar-refractivity contribution is 7.98. The van der Waals surface area contributed by atoms with Gasteiger partial charge in [-0.15, -0.1) is 0 Å². The Labute approximate surface area is 107 Å². The van der Waals surface area contributed by atoms with E-state index in [4.69, 9.17) is 5.73 Å². The van der Waals surface area contributed by atoms with Gasteiger partial charge in [-0.25, -0.2) is 18.7 Å². The molecule has 0 spiro atoms. The van der Waals surface area contributed by atoms with E-state index in [1.807, 2.05) is 0 Å². The first kappa shape index (κ1) is 12.6. The quantitative estimate of drug-likeness (QED) is 0.662. The molecule has 2 rings (SSSR count). The summed E-state index contributed by atoms with van der Waals surface area (Å²) in [5.41, 5.74) is 5.86. The number of nitrogens with zero attached hydrogens (tertiary/aromatic N) is 2. The zero-order chi connectivity index (χ0) is 13.1. The molecule has 1 aromatic heterocycles. The van der Waals surface area contributed by atoms with Gasteiger partial charge in [0.05, 0.1) is 0 Å². The largest absolute Gasteiger partial charge is 0.383 e. The molecule has 1 aromatic carbocycles. The van der Waals surface area contributed by atoms with E-state index < -0.39 is 11.6 Å². The van der Waals surface area contributed by atoms with Crippen molar-refractivity contribution in [1.29, 1.82) is 0 Å². The van der Waals surface area contributed by atoms with Crippen LogP contribution in [0.1, 0.15) is 0 Å². The molecule has 0 atom stereocenters. The molecule has 94 valence electrons. The number of hydrogen-bond acceptors (Lipinski definition) is 5. The van der Waals surface area contributed by atoms with Crippen LogP contribution in [-0.2, 0) is 0 Å². The summed E-state index contributed by atoms with van der Waals surface area (Å²) in [6, 6.07) is 4.62. The molecule has 1 heterocycles. The van der Waals surface area contributed by atoms with Gasteiger partial charge in [-0.1, -0.05) is 11.8 Å². The molecule has 2 aromatic rings. The van der Waals surface area contributed by atoms with Gasteiger partial charge in [0.15, 0.2) is 5.16 Å². The Hall–Kier alpha value is -1.89. The van der Waals surface area contributed by atoms with E-state index in [9.17, 15) is 8.78 Å². The molecule has 7 heteroatoms. The summed E-state index contributed by atoms with van der Waals surface area (Å²) in [5, 5.41) is 3.26. The Morgan fingerprint density at radius 2 is 1.78 bits per heavy atom. The maximum atomic E-state index is 13.0. The Morgan fingerprint density at radius 3 is 2.39 bits per heavy atom. The number of thioether (sulfide) groups is 1. The van der Waals surface area contributed by atoms with Crippen molar-refractivity contribution in [1.82, 2.24) is 9.97 Å². The number of aromatic nitrogens is 2. The van der Waals surface area contributed by atoms with Crippen LogP contribution >= 0.6 is 11.8 Å². The first-order valence-corrected chi connectivity index (χ1v) is 6.21. The minimum Gasteiger partial charge on any atom is -0.383 e. The molecule has 0 aliphatic carbocycles. The third-order valence-corrected chi connectivity index (χ3v) is 2.59. The summed E-state index contributed by atoms with van der Waals surface area (Å²) >= 11 is 1.32. The van der Waals surface area contributed by atoms with Crippen molar-refractivity contribution in [3.8, 4) is 0 Å². The third-order valence-electron chi connectivity index (χ3n) is 2.04. The molecule has 0 saturated carbocycles. The number of nitrogens with one attached hydrogen (secondary N) is 1. The topological polar surface area (TPSA) is 63.8 Å². The van der Waals surface area contributed by atoms with Crippen molar-refractivity contribution in [3.05, 3.63) is 35.9 Å². The summed E-state index contributed by atoms with van der Waals surface area (Å²) in [5.74, 6) is -0.653. The van der Waals surface area contributed by atoms with E-state index in [2.05, 4.69) is 15.3 Å². The second-order valence-corrected chi connectivity index (χ2v) is 4.22. The van der Waals surface area contributed by atoms with E-state index in [0.29, 0.717) is 11.0 Å². The van der Waals surface area contributed by atoms with Crippen LogP contribution in [0.15, 0.2) is 29.4 Å². The Balaban J connectivity index is 2.30. The van der Waals surface area contributed by atoms with Gasteiger partial charge in [0.1, 0.15) is 23.3 Å². The number of anilines is 3. The fraction of sp³-hybridized carbons (Fsp3) is 0.0909. The van der Waals surface area contributed by atoms with Gasteiger partial charge in [-0.05, 0) is 18.4 Å². The SMILES string of the molecule is CSc1nc(N)cc(Nc2cc(F)cc(F)c2)n1. The molecule has 18 heavy (non-hydrogen) atoms. The average Bonchev–Trinajstić information content (AvgIpc) is 2.26. The second kappa shape index (κ2) is 5.18. The number of benzene rings is 1. The van der Waals surface area contributed by atoms with Crippen molar-refractivity contribution in [2.24, 2.45) is 0 Å². The monoisotopic (exact) mass is 268 g/mol. The van der Waals surface area contributed by atoms with Crippen LogP contribution in [0.2, 0.25) is 0 Å². The maximum Gasteiger partial charge on any atom is 0.191 e. The standard InChI is InChI=1S/C11H10F2N4S/c1-18-11-16-9(14)5-10(17-11)15-8-3-6(12)2-7(13)4-8/h2-5H,1H3,(H3,14,15,16,17). The van der Waals surface area contributed by atoms with Gasteiger partial charge in [0.25, 0.3) is 0 Å². The fourth-order valence-corrected chi connectivity index (χ4v) is 1.76. The molecule has 0 fully saturated rings. The van der Waals surface area contributed by atoms with Gasteiger partial charge in [-0.3, -0.25) is 0 Å². The lowest BCUT2D eigenvalue weighted by atomic mass is 10.3. The highest BCUT2D eigenvalue weighted by Gasteiger charge is 2.04. The van der Waals surface area contributed by atoms with Crippen molar-refractivity contribution in [3.63, 3.8) is 0 Å². The molecular weight excluding hydrogens is 258 g/mol. The number of rotatable bonds is 3. The minimum atomic E-state index is -0.662. The van der Waals surface area contributed by atoms with Crippen LogP contribution in [-0.4, -0.2) is 16.2 Å². The van der Waals surface area contributed by atoms with Crippen molar-refractivity contribution in [2.75, 3.05) is 17.3 Å². The van der Waals surface area contributed by atoms with Gasteiger partial charge < -0.3 is 11.1 Å². The van der Waals surface area contributed by atoms with Gasteiger partial charge in [0.2, 0.25) is 0 Å². The molecule has 0 bridgehead atoms. The molecule has 3 N–H and O–H groups in total. The number of nitrogens with two attached hydrogens (primary N) is 1. The summed E-state index contributed by atoms with van der Waals surface area (Å²) < 4.78 is 26.0. The summed E-state index contributed by atoms with van der Waals surface area (Å²) in [4.78, 5) is 8.09. The maximum absolute atomic E-state index is 13.0. The lowest BCUT2D eigenvalue weighted by molar-refractivity contribution is 0.584. The Kier molecular flexibility index (Phi) is 3.61. The van der Waals surface area contributed by atoms with Crippen LogP contribution in [0.4, 0.5) is 26.1 Å². The van der Waals surface area contributed by atoms with Crippen LogP contribution in [0.25, 0.3) is 0 Å². The summed E-state index contributed by atoms with van der Waals surface area (Å²) in [6.07, 6.45) is 1.81. The smallest absolute Gasteiger partial charge is 0.191 e. The first-order chi connectivity index (χ1) is 8.56. The summed E-state index contributed by atoms with van der Waals surface area (Å²) in [7, 11) is 0. The van der Waals surface area contributed by atoms with E-state index >= 15 is 0 Å². The lowest BCUT2D eigenvalue weighted by Gasteiger charge is -2.07. The normalized spacial score (nSPS) is 10.4. The fourth-order valence-electron chi connectivity index (χ4n) is 1.37. The molecular formula is C11H10F2N4S. The van der Waals surface area contributed by atoms with Crippen LogP contribution in [0.3, 0.4) is 0 Å². The predicted octanol–water partition coefficient (Wildman–Crippen LogP) is 2.80. The molecule has 4 nitrogen and oxygen atoms in total. The van der Waals surface area contributed by atoms with E-state index in [1.165, 1.54) is 30.0 Å². The van der Waals surface area contributed by atoms with E-state index in [-0.39, 0.29) is 11.5 Å². The van der Waals surface area contributed by atoms with Gasteiger partial charge >= 0.3 is 0 Å². The predicted molar refractivity (Wildman–Crippen MR) is 67.9 cm³/mol. The highest BCUT2D eigenvalue weighted by Crippen LogP contribution is 2.20. The molecule has 0 aliphatic rings. The molecule has 0 radical (unpaired) electrons. The zero-order valence-electron chi connectivity index (χ0n) is 9.45. The molecule has 0 aliphatic heterocycles. The van der Waals surface area contributed by atoms with Crippen LogP contribution in [0.5, 0.6) is 0 Å². The van der Waals surface area contributed by atoms with Crippen LogP contribution in [0, 0.1) is 11.6 Å². The molecule has 0 amide bonds. The minimum absolute atomic E-state index is 0.262. The molecule has 0 saturated heterocycles. The van der Waals surface area contributed by atoms with Gasteiger partial charge in [-0.2, -0.15) is 0 Å².